The van der Waals surface area contributed by atoms with Crippen molar-refractivity contribution in [3.8, 4) is 5.88 Å². The Morgan fingerprint density at radius 2 is 1.92 bits per heavy atom. The lowest BCUT2D eigenvalue weighted by atomic mass is 10.3. The molecule has 2 heterocycles. The van der Waals surface area contributed by atoms with Crippen LogP contribution in [0.4, 0.5) is 16.0 Å². The topological polar surface area (TPSA) is 70.6 Å². The first-order valence-electron chi connectivity index (χ1n) is 8.04. The second kappa shape index (κ2) is 7.89. The fraction of sp³-hybridized carbons (Fsp3) is 0.353. The average molecular weight is 345 g/mol. The molecule has 0 atom stereocenters. The summed E-state index contributed by atoms with van der Waals surface area (Å²) in [7, 11) is 1.57. The minimum absolute atomic E-state index is 0.113. The summed E-state index contributed by atoms with van der Waals surface area (Å²) in [5.41, 5.74) is 0.592. The van der Waals surface area contributed by atoms with Crippen LogP contribution in [0.3, 0.4) is 0 Å². The third kappa shape index (κ3) is 4.63. The number of methoxy groups -OCH3 is 1. The van der Waals surface area contributed by atoms with Gasteiger partial charge in [0.25, 0.3) is 0 Å². The fourth-order valence-corrected chi connectivity index (χ4v) is 2.64. The highest BCUT2D eigenvalue weighted by atomic mass is 19.1. The number of halogens is 1. The van der Waals surface area contributed by atoms with Crippen molar-refractivity contribution in [2.75, 3.05) is 50.1 Å². The number of hydrogen-bond acceptors (Lipinski definition) is 6. The Morgan fingerprint density at radius 1 is 1.20 bits per heavy atom. The minimum atomic E-state index is -0.325. The quantitative estimate of drug-likeness (QED) is 0.883. The Labute approximate surface area is 145 Å². The number of anilines is 2. The molecule has 2 aromatic rings. The van der Waals surface area contributed by atoms with Crippen LogP contribution in [0.15, 0.2) is 36.5 Å². The zero-order valence-electron chi connectivity index (χ0n) is 14.0. The highest BCUT2D eigenvalue weighted by Gasteiger charge is 2.21. The highest BCUT2D eigenvalue weighted by molar-refractivity contribution is 5.92. The number of carbonyl (C=O) groups is 1. The summed E-state index contributed by atoms with van der Waals surface area (Å²) in [6, 6.07) is 7.45. The van der Waals surface area contributed by atoms with Crippen molar-refractivity contribution < 1.29 is 13.9 Å². The molecule has 1 amide bonds. The molecule has 7 nitrogen and oxygen atoms in total. The molecule has 1 aliphatic heterocycles. The summed E-state index contributed by atoms with van der Waals surface area (Å²) in [5.74, 6) is 0.729. The number of ether oxygens (including phenoxy) is 1. The lowest BCUT2D eigenvalue weighted by Crippen LogP contribution is -2.49. The molecular weight excluding hydrogens is 325 g/mol. The van der Waals surface area contributed by atoms with Gasteiger partial charge in [0.15, 0.2) is 0 Å². The molecule has 1 aliphatic rings. The molecule has 1 N–H and O–H groups in total. The summed E-state index contributed by atoms with van der Waals surface area (Å²) in [4.78, 5) is 24.8. The van der Waals surface area contributed by atoms with E-state index in [1.807, 2.05) is 0 Å². The Bertz CT molecular complexity index is 717. The van der Waals surface area contributed by atoms with Gasteiger partial charge in [-0.25, -0.2) is 9.37 Å². The summed E-state index contributed by atoms with van der Waals surface area (Å²) < 4.78 is 18.0. The van der Waals surface area contributed by atoms with Crippen molar-refractivity contribution in [3.05, 3.63) is 42.3 Å². The van der Waals surface area contributed by atoms with E-state index in [1.165, 1.54) is 12.1 Å². The second-order valence-electron chi connectivity index (χ2n) is 5.72. The van der Waals surface area contributed by atoms with Crippen molar-refractivity contribution in [1.29, 1.82) is 0 Å². The minimum Gasteiger partial charge on any atom is -0.481 e. The predicted molar refractivity (Wildman–Crippen MR) is 92.3 cm³/mol. The van der Waals surface area contributed by atoms with E-state index in [9.17, 15) is 9.18 Å². The van der Waals surface area contributed by atoms with Gasteiger partial charge in [-0.2, -0.15) is 4.98 Å². The summed E-state index contributed by atoms with van der Waals surface area (Å²) in [6.45, 7) is 3.23. The van der Waals surface area contributed by atoms with Crippen molar-refractivity contribution in [3.63, 3.8) is 0 Å². The van der Waals surface area contributed by atoms with Crippen LogP contribution in [-0.4, -0.2) is 60.6 Å². The van der Waals surface area contributed by atoms with Crippen LogP contribution < -0.4 is 15.0 Å². The standard InChI is InChI=1S/C17H20FN5O2/c1-25-16-6-7-19-17(21-16)23-10-8-22(9-11-23)12-15(24)20-14-4-2-13(18)3-5-14/h2-7H,8-12H2,1H3,(H,20,24). The lowest BCUT2D eigenvalue weighted by molar-refractivity contribution is -0.117. The molecule has 3 rings (SSSR count). The first-order chi connectivity index (χ1) is 12.1. The Balaban J connectivity index is 1.48. The average Bonchev–Trinajstić information content (AvgIpc) is 2.64. The maximum Gasteiger partial charge on any atom is 0.238 e. The van der Waals surface area contributed by atoms with Crippen LogP contribution in [0.5, 0.6) is 5.88 Å². The van der Waals surface area contributed by atoms with Gasteiger partial charge >= 0.3 is 0 Å². The Hall–Kier alpha value is -2.74. The van der Waals surface area contributed by atoms with Gasteiger partial charge in [-0.15, -0.1) is 0 Å². The monoisotopic (exact) mass is 345 g/mol. The van der Waals surface area contributed by atoms with Gasteiger partial charge < -0.3 is 15.0 Å². The summed E-state index contributed by atoms with van der Waals surface area (Å²) >= 11 is 0. The number of nitrogens with one attached hydrogen (secondary N) is 1. The molecule has 0 bridgehead atoms. The van der Waals surface area contributed by atoms with Crippen molar-refractivity contribution in [2.45, 2.75) is 0 Å². The Kier molecular flexibility index (Phi) is 5.39. The van der Waals surface area contributed by atoms with Crippen LogP contribution in [-0.2, 0) is 4.79 Å². The molecule has 1 aromatic heterocycles. The molecule has 0 aliphatic carbocycles. The van der Waals surface area contributed by atoms with Gasteiger partial charge in [-0.1, -0.05) is 0 Å². The van der Waals surface area contributed by atoms with Crippen molar-refractivity contribution >= 4 is 17.5 Å². The molecule has 1 saturated heterocycles. The SMILES string of the molecule is COc1ccnc(N2CCN(CC(=O)Nc3ccc(F)cc3)CC2)n1. The molecular formula is C17H20FN5O2. The highest BCUT2D eigenvalue weighted by Crippen LogP contribution is 2.14. The van der Waals surface area contributed by atoms with E-state index in [4.69, 9.17) is 4.74 Å². The molecule has 0 radical (unpaired) electrons. The number of piperazine rings is 1. The van der Waals surface area contributed by atoms with Gasteiger partial charge in [0.05, 0.1) is 13.7 Å². The van der Waals surface area contributed by atoms with E-state index in [0.717, 1.165) is 26.2 Å². The van der Waals surface area contributed by atoms with E-state index >= 15 is 0 Å². The van der Waals surface area contributed by atoms with E-state index in [2.05, 4.69) is 25.1 Å². The Morgan fingerprint density at radius 3 is 2.60 bits per heavy atom. The van der Waals surface area contributed by atoms with Crippen LogP contribution in [0.25, 0.3) is 0 Å². The molecule has 8 heteroatoms. The number of nitrogens with zero attached hydrogens (tertiary/aromatic N) is 4. The largest absolute Gasteiger partial charge is 0.481 e. The smallest absolute Gasteiger partial charge is 0.238 e. The van der Waals surface area contributed by atoms with Crippen LogP contribution in [0, 0.1) is 5.82 Å². The van der Waals surface area contributed by atoms with Crippen LogP contribution in [0.2, 0.25) is 0 Å². The second-order valence-corrected chi connectivity index (χ2v) is 5.72. The van der Waals surface area contributed by atoms with Crippen LogP contribution in [0.1, 0.15) is 0 Å². The van der Waals surface area contributed by atoms with E-state index in [1.54, 1.807) is 31.5 Å². The summed E-state index contributed by atoms with van der Waals surface area (Å²) in [5, 5.41) is 2.77. The first kappa shape index (κ1) is 17.1. The molecule has 0 saturated carbocycles. The number of aromatic nitrogens is 2. The number of hydrogen-bond donors (Lipinski definition) is 1. The fourth-order valence-electron chi connectivity index (χ4n) is 2.64. The van der Waals surface area contributed by atoms with E-state index in [-0.39, 0.29) is 11.7 Å². The summed E-state index contributed by atoms with van der Waals surface area (Å²) in [6.07, 6.45) is 1.67. The maximum absolute atomic E-state index is 12.9. The first-order valence-corrected chi connectivity index (χ1v) is 8.04. The molecule has 1 aromatic carbocycles. The molecule has 132 valence electrons. The van der Waals surface area contributed by atoms with E-state index in [0.29, 0.717) is 24.1 Å². The van der Waals surface area contributed by atoms with Gasteiger partial charge in [0.1, 0.15) is 5.82 Å². The zero-order chi connectivity index (χ0) is 17.6. The van der Waals surface area contributed by atoms with Gasteiger partial charge in [-0.3, -0.25) is 9.69 Å². The molecule has 1 fully saturated rings. The lowest BCUT2D eigenvalue weighted by Gasteiger charge is -2.34. The normalized spacial score (nSPS) is 15.0. The van der Waals surface area contributed by atoms with Gasteiger partial charge in [0.2, 0.25) is 17.7 Å². The van der Waals surface area contributed by atoms with Gasteiger partial charge in [-0.05, 0) is 24.3 Å². The predicted octanol–water partition coefficient (Wildman–Crippen LogP) is 1.38. The number of rotatable bonds is 5. The van der Waals surface area contributed by atoms with E-state index < -0.39 is 0 Å². The van der Waals surface area contributed by atoms with Crippen LogP contribution >= 0.6 is 0 Å². The molecule has 0 spiro atoms. The van der Waals surface area contributed by atoms with Gasteiger partial charge in [0, 0.05) is 44.1 Å². The van der Waals surface area contributed by atoms with Crippen molar-refractivity contribution in [2.24, 2.45) is 0 Å². The zero-order valence-corrected chi connectivity index (χ0v) is 14.0. The maximum atomic E-state index is 12.9. The number of benzene rings is 1. The van der Waals surface area contributed by atoms with Crippen molar-refractivity contribution in [1.82, 2.24) is 14.9 Å². The molecule has 0 unspecified atom stereocenters. The third-order valence-electron chi connectivity index (χ3n) is 3.98. The third-order valence-corrected chi connectivity index (χ3v) is 3.98. The molecule has 25 heavy (non-hydrogen) atoms. The number of amides is 1. The number of carbonyl (C=O) groups excluding carboxylic acids is 1.